The van der Waals surface area contributed by atoms with Gasteiger partial charge in [-0.25, -0.2) is 0 Å². The van der Waals surface area contributed by atoms with Crippen molar-refractivity contribution in [3.05, 3.63) is 11.9 Å². The molecule has 0 aliphatic carbocycles. The number of carbonyl (C=O) groups is 1. The summed E-state index contributed by atoms with van der Waals surface area (Å²) in [5, 5.41) is 11.2. The Morgan fingerprint density at radius 1 is 1.56 bits per heavy atom. The number of aryl methyl sites for hydroxylation is 1. The summed E-state index contributed by atoms with van der Waals surface area (Å²) in [6, 6.07) is 0. The van der Waals surface area contributed by atoms with E-state index >= 15 is 0 Å². The van der Waals surface area contributed by atoms with E-state index in [1.807, 2.05) is 6.20 Å². The van der Waals surface area contributed by atoms with Gasteiger partial charge in [-0.15, -0.1) is 5.10 Å². The van der Waals surface area contributed by atoms with Crippen LogP contribution in [0.15, 0.2) is 6.20 Å². The molecular weight excluding hydrogens is 206 g/mol. The van der Waals surface area contributed by atoms with Gasteiger partial charge in [0, 0.05) is 24.7 Å². The quantitative estimate of drug-likeness (QED) is 0.741. The van der Waals surface area contributed by atoms with Gasteiger partial charge in [-0.05, 0) is 20.8 Å². The monoisotopic (exact) mass is 225 g/mol. The van der Waals surface area contributed by atoms with Crippen molar-refractivity contribution in [1.82, 2.24) is 20.3 Å². The van der Waals surface area contributed by atoms with E-state index in [0.29, 0.717) is 13.1 Å². The van der Waals surface area contributed by atoms with Crippen molar-refractivity contribution in [3.63, 3.8) is 0 Å². The second-order valence-electron chi connectivity index (χ2n) is 4.79. The molecule has 3 N–H and O–H groups in total. The molecule has 0 atom stereocenters. The standard InChI is InChI=1S/C10H19N5O/c1-10(2,3)12-6-8-7-15(14-13-8)5-4-9(11)16/h7,12H,4-6H2,1-3H3,(H2,11,16). The third-order valence-electron chi connectivity index (χ3n) is 1.97. The van der Waals surface area contributed by atoms with Gasteiger partial charge >= 0.3 is 0 Å². The van der Waals surface area contributed by atoms with Crippen molar-refractivity contribution in [1.29, 1.82) is 0 Å². The Morgan fingerprint density at radius 2 is 2.25 bits per heavy atom. The number of hydrogen-bond donors (Lipinski definition) is 2. The van der Waals surface area contributed by atoms with Crippen LogP contribution < -0.4 is 11.1 Å². The van der Waals surface area contributed by atoms with Crippen molar-refractivity contribution in [2.24, 2.45) is 5.73 Å². The number of amides is 1. The summed E-state index contributed by atoms with van der Waals surface area (Å²) in [7, 11) is 0. The lowest BCUT2D eigenvalue weighted by atomic mass is 10.1. The zero-order chi connectivity index (χ0) is 12.2. The SMILES string of the molecule is CC(C)(C)NCc1cn(CCC(N)=O)nn1. The van der Waals surface area contributed by atoms with Gasteiger partial charge in [0.15, 0.2) is 0 Å². The van der Waals surface area contributed by atoms with E-state index in [1.165, 1.54) is 0 Å². The Morgan fingerprint density at radius 3 is 2.81 bits per heavy atom. The summed E-state index contributed by atoms with van der Waals surface area (Å²) in [6.45, 7) is 7.41. The van der Waals surface area contributed by atoms with Crippen LogP contribution in [-0.2, 0) is 17.9 Å². The zero-order valence-electron chi connectivity index (χ0n) is 10.0. The van der Waals surface area contributed by atoms with Crippen LogP contribution in [0, 0.1) is 0 Å². The number of nitrogens with zero attached hydrogens (tertiary/aromatic N) is 3. The Balaban J connectivity index is 2.42. The molecule has 16 heavy (non-hydrogen) atoms. The summed E-state index contributed by atoms with van der Waals surface area (Å²) in [5.41, 5.74) is 5.96. The third kappa shape index (κ3) is 4.88. The molecule has 0 radical (unpaired) electrons. The van der Waals surface area contributed by atoms with E-state index in [9.17, 15) is 4.79 Å². The van der Waals surface area contributed by atoms with Crippen LogP contribution in [0.5, 0.6) is 0 Å². The van der Waals surface area contributed by atoms with Crippen molar-refractivity contribution < 1.29 is 4.79 Å². The Labute approximate surface area is 95.2 Å². The molecule has 0 unspecified atom stereocenters. The highest BCUT2D eigenvalue weighted by Gasteiger charge is 2.10. The first-order valence-electron chi connectivity index (χ1n) is 5.29. The first-order chi connectivity index (χ1) is 7.37. The van der Waals surface area contributed by atoms with Gasteiger partial charge in [-0.1, -0.05) is 5.21 Å². The number of nitrogens with one attached hydrogen (secondary N) is 1. The zero-order valence-corrected chi connectivity index (χ0v) is 10.0. The lowest BCUT2D eigenvalue weighted by Crippen LogP contribution is -2.35. The molecular formula is C10H19N5O. The number of carbonyl (C=O) groups excluding carboxylic acids is 1. The topological polar surface area (TPSA) is 85.8 Å². The highest BCUT2D eigenvalue weighted by molar-refractivity contribution is 5.73. The van der Waals surface area contributed by atoms with Crippen LogP contribution in [0.1, 0.15) is 32.9 Å². The molecule has 1 amide bonds. The largest absolute Gasteiger partial charge is 0.370 e. The van der Waals surface area contributed by atoms with Gasteiger partial charge in [0.05, 0.1) is 12.2 Å². The van der Waals surface area contributed by atoms with E-state index < -0.39 is 0 Å². The number of nitrogens with two attached hydrogens (primary N) is 1. The molecule has 1 aromatic rings. The summed E-state index contributed by atoms with van der Waals surface area (Å²) in [6.07, 6.45) is 2.11. The van der Waals surface area contributed by atoms with Crippen LogP contribution >= 0.6 is 0 Å². The molecule has 6 heteroatoms. The molecule has 0 aromatic carbocycles. The predicted molar refractivity (Wildman–Crippen MR) is 60.4 cm³/mol. The predicted octanol–water partition coefficient (Wildman–Crippen LogP) is 0.0416. The van der Waals surface area contributed by atoms with Gasteiger partial charge < -0.3 is 11.1 Å². The maximum absolute atomic E-state index is 10.6. The fraction of sp³-hybridized carbons (Fsp3) is 0.700. The van der Waals surface area contributed by atoms with Crippen LogP contribution in [0.3, 0.4) is 0 Å². The first kappa shape index (κ1) is 12.6. The molecule has 1 aromatic heterocycles. The minimum Gasteiger partial charge on any atom is -0.370 e. The fourth-order valence-electron chi connectivity index (χ4n) is 1.11. The molecule has 1 rings (SSSR count). The second kappa shape index (κ2) is 5.07. The van der Waals surface area contributed by atoms with Crippen LogP contribution in [0.4, 0.5) is 0 Å². The molecule has 90 valence electrons. The molecule has 0 fully saturated rings. The van der Waals surface area contributed by atoms with E-state index in [0.717, 1.165) is 5.69 Å². The van der Waals surface area contributed by atoms with Gasteiger partial charge in [0.1, 0.15) is 0 Å². The van der Waals surface area contributed by atoms with E-state index in [4.69, 9.17) is 5.73 Å². The summed E-state index contributed by atoms with van der Waals surface area (Å²) < 4.78 is 1.63. The third-order valence-corrected chi connectivity index (χ3v) is 1.97. The van der Waals surface area contributed by atoms with Gasteiger partial charge in [-0.2, -0.15) is 0 Å². The second-order valence-corrected chi connectivity index (χ2v) is 4.79. The van der Waals surface area contributed by atoms with Crippen molar-refractivity contribution in [2.45, 2.75) is 45.8 Å². The fourth-order valence-corrected chi connectivity index (χ4v) is 1.11. The molecule has 0 saturated carbocycles. The average molecular weight is 225 g/mol. The molecule has 6 nitrogen and oxygen atoms in total. The molecule has 0 aliphatic heterocycles. The van der Waals surface area contributed by atoms with Gasteiger partial charge in [0.25, 0.3) is 0 Å². The average Bonchev–Trinajstić information content (AvgIpc) is 2.58. The lowest BCUT2D eigenvalue weighted by Gasteiger charge is -2.19. The Kier molecular flexibility index (Phi) is 4.00. The van der Waals surface area contributed by atoms with Crippen LogP contribution in [0.2, 0.25) is 0 Å². The first-order valence-corrected chi connectivity index (χ1v) is 5.29. The summed E-state index contributed by atoms with van der Waals surface area (Å²) in [4.78, 5) is 10.6. The lowest BCUT2D eigenvalue weighted by molar-refractivity contribution is -0.118. The van der Waals surface area contributed by atoms with Crippen molar-refractivity contribution in [3.8, 4) is 0 Å². The van der Waals surface area contributed by atoms with Gasteiger partial charge in [0.2, 0.25) is 5.91 Å². The number of aromatic nitrogens is 3. The smallest absolute Gasteiger partial charge is 0.219 e. The Hall–Kier alpha value is -1.43. The highest BCUT2D eigenvalue weighted by atomic mass is 16.1. The molecule has 0 spiro atoms. The van der Waals surface area contributed by atoms with Crippen molar-refractivity contribution in [2.75, 3.05) is 0 Å². The molecule has 0 bridgehead atoms. The molecule has 0 aliphatic rings. The maximum Gasteiger partial charge on any atom is 0.219 e. The molecule has 1 heterocycles. The van der Waals surface area contributed by atoms with Crippen molar-refractivity contribution >= 4 is 5.91 Å². The van der Waals surface area contributed by atoms with E-state index in [1.54, 1.807) is 4.68 Å². The van der Waals surface area contributed by atoms with Crippen LogP contribution in [-0.4, -0.2) is 26.4 Å². The Bertz CT molecular complexity index is 352. The number of rotatable bonds is 5. The maximum atomic E-state index is 10.6. The number of primary amides is 1. The summed E-state index contributed by atoms with van der Waals surface area (Å²) >= 11 is 0. The van der Waals surface area contributed by atoms with Crippen LogP contribution in [0.25, 0.3) is 0 Å². The minimum absolute atomic E-state index is 0.0526. The summed E-state index contributed by atoms with van der Waals surface area (Å²) in [5.74, 6) is -0.329. The van der Waals surface area contributed by atoms with E-state index in [-0.39, 0.29) is 17.9 Å². The number of hydrogen-bond acceptors (Lipinski definition) is 4. The molecule has 0 saturated heterocycles. The van der Waals surface area contributed by atoms with Gasteiger partial charge in [-0.3, -0.25) is 9.48 Å². The normalized spacial score (nSPS) is 11.7. The highest BCUT2D eigenvalue weighted by Crippen LogP contribution is 2.01. The minimum atomic E-state index is -0.329. The van der Waals surface area contributed by atoms with E-state index in [2.05, 4.69) is 36.4 Å².